The van der Waals surface area contributed by atoms with Crippen LogP contribution in [0.3, 0.4) is 0 Å². The molecule has 0 saturated carbocycles. The fourth-order valence-corrected chi connectivity index (χ4v) is 2.85. The van der Waals surface area contributed by atoms with E-state index in [2.05, 4.69) is 5.16 Å². The summed E-state index contributed by atoms with van der Waals surface area (Å²) in [5, 5.41) is 14.3. The minimum Gasteiger partial charge on any atom is -0.508 e. The van der Waals surface area contributed by atoms with E-state index in [9.17, 15) is 9.90 Å². The van der Waals surface area contributed by atoms with Gasteiger partial charge in [-0.1, -0.05) is 17.3 Å². The van der Waals surface area contributed by atoms with Crippen LogP contribution < -0.4 is 0 Å². The molecule has 23 heavy (non-hydrogen) atoms. The molecule has 0 saturated heterocycles. The number of hydrogen-bond acceptors (Lipinski definition) is 5. The largest absolute Gasteiger partial charge is 0.508 e. The van der Waals surface area contributed by atoms with Crippen molar-refractivity contribution in [3.63, 3.8) is 0 Å². The van der Waals surface area contributed by atoms with Crippen molar-refractivity contribution in [3.8, 4) is 5.75 Å². The zero-order valence-electron chi connectivity index (χ0n) is 13.4. The van der Waals surface area contributed by atoms with Gasteiger partial charge in [-0.15, -0.1) is 0 Å². The quantitative estimate of drug-likeness (QED) is 0.874. The first-order chi connectivity index (χ1) is 10.9. The van der Waals surface area contributed by atoms with Crippen molar-refractivity contribution >= 4 is 6.09 Å². The summed E-state index contributed by atoms with van der Waals surface area (Å²) in [5.41, 5.74) is 1.65. The fourth-order valence-electron chi connectivity index (χ4n) is 2.85. The number of carbonyl (C=O) groups excluding carboxylic acids is 1. The fraction of sp³-hybridized carbons (Fsp3) is 0.412. The van der Waals surface area contributed by atoms with Crippen LogP contribution in [0.15, 0.2) is 35.1 Å². The van der Waals surface area contributed by atoms with Crippen molar-refractivity contribution in [1.29, 1.82) is 0 Å². The maximum atomic E-state index is 12.6. The highest BCUT2D eigenvalue weighted by Gasteiger charge is 2.37. The van der Waals surface area contributed by atoms with Crippen LogP contribution in [0.4, 0.5) is 4.79 Å². The van der Waals surface area contributed by atoms with Gasteiger partial charge in [-0.3, -0.25) is 4.90 Å². The summed E-state index contributed by atoms with van der Waals surface area (Å²) in [6.45, 7) is 5.96. The normalized spacial score (nSPS) is 17.7. The molecular formula is C17H20N2O4. The SMILES string of the molecule is CC(C)(C)OC(=O)N1CCc2cccc(O)c2C1c1ccon1. The van der Waals surface area contributed by atoms with Crippen molar-refractivity contribution in [3.05, 3.63) is 47.3 Å². The lowest BCUT2D eigenvalue weighted by Gasteiger charge is -2.37. The highest BCUT2D eigenvalue weighted by atomic mass is 16.6. The predicted octanol–water partition coefficient (Wildman–Crippen LogP) is 3.26. The van der Waals surface area contributed by atoms with Crippen molar-refractivity contribution in [2.75, 3.05) is 6.54 Å². The van der Waals surface area contributed by atoms with Gasteiger partial charge in [0.2, 0.25) is 0 Å². The number of hydrogen-bond donors (Lipinski definition) is 1. The summed E-state index contributed by atoms with van der Waals surface area (Å²) in [7, 11) is 0. The van der Waals surface area contributed by atoms with Crippen LogP contribution in [0.2, 0.25) is 0 Å². The summed E-state index contributed by atoms with van der Waals surface area (Å²) in [5.74, 6) is 0.142. The average molecular weight is 316 g/mol. The summed E-state index contributed by atoms with van der Waals surface area (Å²) in [4.78, 5) is 14.2. The number of nitrogens with zero attached hydrogens (tertiary/aromatic N) is 2. The third-order valence-electron chi connectivity index (χ3n) is 3.75. The molecule has 0 spiro atoms. The minimum atomic E-state index is -0.593. The molecule has 0 aliphatic carbocycles. The molecule has 1 atom stereocenters. The smallest absolute Gasteiger partial charge is 0.411 e. The second kappa shape index (κ2) is 5.61. The lowest BCUT2D eigenvalue weighted by atomic mass is 9.90. The Bertz CT molecular complexity index is 704. The number of aromatic hydroxyl groups is 1. The highest BCUT2D eigenvalue weighted by molar-refractivity contribution is 5.71. The van der Waals surface area contributed by atoms with E-state index >= 15 is 0 Å². The molecule has 0 fully saturated rings. The Hall–Kier alpha value is -2.50. The van der Waals surface area contributed by atoms with E-state index in [0.29, 0.717) is 24.2 Å². The van der Waals surface area contributed by atoms with E-state index < -0.39 is 17.7 Å². The van der Waals surface area contributed by atoms with E-state index in [1.54, 1.807) is 23.1 Å². The Morgan fingerprint density at radius 2 is 2.17 bits per heavy atom. The number of fused-ring (bicyclic) bond motifs is 1. The molecule has 1 aliphatic rings. The molecule has 122 valence electrons. The van der Waals surface area contributed by atoms with Crippen LogP contribution in [-0.2, 0) is 11.2 Å². The van der Waals surface area contributed by atoms with E-state index in [1.165, 1.54) is 6.26 Å². The second-order valence-corrected chi connectivity index (χ2v) is 6.60. The molecule has 1 aromatic carbocycles. The molecule has 1 aliphatic heterocycles. The van der Waals surface area contributed by atoms with Crippen LogP contribution in [0.1, 0.15) is 43.6 Å². The van der Waals surface area contributed by atoms with Crippen LogP contribution in [0.5, 0.6) is 5.75 Å². The summed E-state index contributed by atoms with van der Waals surface area (Å²) in [6.07, 6.45) is 1.67. The number of phenolic OH excluding ortho intramolecular Hbond substituents is 1. The van der Waals surface area contributed by atoms with Gasteiger partial charge in [-0.05, 0) is 38.8 Å². The van der Waals surface area contributed by atoms with E-state index in [0.717, 1.165) is 5.56 Å². The Balaban J connectivity index is 2.04. The van der Waals surface area contributed by atoms with Gasteiger partial charge < -0.3 is 14.4 Å². The molecule has 2 aromatic rings. The van der Waals surface area contributed by atoms with Crippen LogP contribution >= 0.6 is 0 Å². The maximum Gasteiger partial charge on any atom is 0.411 e. The highest BCUT2D eigenvalue weighted by Crippen LogP contribution is 2.40. The lowest BCUT2D eigenvalue weighted by molar-refractivity contribution is 0.0171. The standard InChI is InChI=1S/C17H20N2O4/c1-17(2,3)23-16(21)19-9-7-11-5-4-6-13(20)14(11)15(19)12-8-10-22-18-12/h4-6,8,10,15,20H,7,9H2,1-3H3. The van der Waals surface area contributed by atoms with Gasteiger partial charge >= 0.3 is 6.09 Å². The Labute approximate surface area is 134 Å². The minimum absolute atomic E-state index is 0.142. The zero-order chi connectivity index (χ0) is 16.6. The number of phenols is 1. The van der Waals surface area contributed by atoms with Gasteiger partial charge in [-0.2, -0.15) is 0 Å². The molecule has 1 aromatic heterocycles. The third kappa shape index (κ3) is 3.02. The molecule has 0 radical (unpaired) electrons. The molecule has 2 heterocycles. The maximum absolute atomic E-state index is 12.6. The van der Waals surface area contributed by atoms with Crippen LogP contribution in [0.25, 0.3) is 0 Å². The average Bonchev–Trinajstić information content (AvgIpc) is 2.98. The number of rotatable bonds is 1. The number of benzene rings is 1. The first kappa shape index (κ1) is 15.4. The predicted molar refractivity (Wildman–Crippen MR) is 83.1 cm³/mol. The van der Waals surface area contributed by atoms with Gasteiger partial charge in [0.15, 0.2) is 0 Å². The molecule has 6 nitrogen and oxygen atoms in total. The summed E-state index contributed by atoms with van der Waals surface area (Å²) >= 11 is 0. The molecule has 3 rings (SSSR count). The van der Waals surface area contributed by atoms with Gasteiger partial charge in [0.05, 0.1) is 0 Å². The van der Waals surface area contributed by atoms with Gasteiger partial charge in [0.25, 0.3) is 0 Å². The van der Waals surface area contributed by atoms with E-state index in [-0.39, 0.29) is 5.75 Å². The van der Waals surface area contributed by atoms with Gasteiger partial charge in [0.1, 0.15) is 29.3 Å². The van der Waals surface area contributed by atoms with Crippen LogP contribution in [-0.4, -0.2) is 33.4 Å². The van der Waals surface area contributed by atoms with Crippen molar-refractivity contribution in [1.82, 2.24) is 10.1 Å². The Morgan fingerprint density at radius 1 is 1.39 bits per heavy atom. The van der Waals surface area contributed by atoms with Crippen LogP contribution in [0, 0.1) is 0 Å². The molecule has 1 N–H and O–H groups in total. The molecule has 1 amide bonds. The second-order valence-electron chi connectivity index (χ2n) is 6.60. The van der Waals surface area contributed by atoms with E-state index in [4.69, 9.17) is 9.26 Å². The molecule has 6 heteroatoms. The first-order valence-corrected chi connectivity index (χ1v) is 7.57. The summed E-state index contributed by atoms with van der Waals surface area (Å²) in [6, 6.07) is 6.55. The number of ether oxygens (including phenoxy) is 1. The third-order valence-corrected chi connectivity index (χ3v) is 3.75. The lowest BCUT2D eigenvalue weighted by Crippen LogP contribution is -2.43. The van der Waals surface area contributed by atoms with Gasteiger partial charge in [-0.25, -0.2) is 4.79 Å². The first-order valence-electron chi connectivity index (χ1n) is 7.57. The topological polar surface area (TPSA) is 75.8 Å². The van der Waals surface area contributed by atoms with Gasteiger partial charge in [0, 0.05) is 18.2 Å². The number of aromatic nitrogens is 1. The molecular weight excluding hydrogens is 296 g/mol. The van der Waals surface area contributed by atoms with Crippen molar-refractivity contribution < 1.29 is 19.2 Å². The summed E-state index contributed by atoms with van der Waals surface area (Å²) < 4.78 is 10.4. The number of carbonyl (C=O) groups is 1. The Morgan fingerprint density at radius 3 is 2.83 bits per heavy atom. The molecule has 0 bridgehead atoms. The Kier molecular flexibility index (Phi) is 3.75. The van der Waals surface area contributed by atoms with Crippen molar-refractivity contribution in [2.24, 2.45) is 0 Å². The number of amides is 1. The van der Waals surface area contributed by atoms with E-state index in [1.807, 2.05) is 26.8 Å². The monoisotopic (exact) mass is 316 g/mol. The molecule has 1 unspecified atom stereocenters. The van der Waals surface area contributed by atoms with Crippen molar-refractivity contribution in [2.45, 2.75) is 38.8 Å². The zero-order valence-corrected chi connectivity index (χ0v) is 13.4.